The molecule has 226 valence electrons. The van der Waals surface area contributed by atoms with Crippen LogP contribution in [0.2, 0.25) is 0 Å². The topological polar surface area (TPSA) is 259 Å². The second kappa shape index (κ2) is 14.3. The number of aliphatic imine (C=N–C) groups is 1. The van der Waals surface area contributed by atoms with Gasteiger partial charge in [0.15, 0.2) is 5.96 Å². The average Bonchev–Trinajstić information content (AvgIpc) is 3.60. The van der Waals surface area contributed by atoms with E-state index in [4.69, 9.17) is 11.5 Å². The number of carbonyl (C=O) groups excluding carboxylic acids is 6. The van der Waals surface area contributed by atoms with Crippen LogP contribution in [0.1, 0.15) is 44.9 Å². The number of aliphatic carboxylic acids is 1. The molecule has 3 aliphatic rings. The Hall–Kier alpha value is -4.44. The van der Waals surface area contributed by atoms with Crippen LogP contribution in [0.25, 0.3) is 0 Å². The molecule has 3 aliphatic heterocycles. The minimum absolute atomic E-state index is 0.100. The molecule has 0 aromatic rings. The highest BCUT2D eigenvalue weighted by atomic mass is 16.4. The Morgan fingerprint density at radius 1 is 0.854 bits per heavy atom. The van der Waals surface area contributed by atoms with Crippen molar-refractivity contribution in [3.05, 3.63) is 0 Å². The van der Waals surface area contributed by atoms with Gasteiger partial charge in [0.25, 0.3) is 0 Å². The van der Waals surface area contributed by atoms with Crippen molar-refractivity contribution in [2.75, 3.05) is 32.7 Å². The molecule has 0 radical (unpaired) electrons. The predicted octanol–water partition coefficient (Wildman–Crippen LogP) is -4.29. The highest BCUT2D eigenvalue weighted by Gasteiger charge is 2.40. The molecule has 3 fully saturated rings. The molecule has 0 aliphatic carbocycles. The van der Waals surface area contributed by atoms with E-state index in [0.29, 0.717) is 25.7 Å². The highest BCUT2D eigenvalue weighted by Crippen LogP contribution is 2.21. The summed E-state index contributed by atoms with van der Waals surface area (Å²) in [6.45, 7) is -0.422. The van der Waals surface area contributed by atoms with E-state index < -0.39 is 85.1 Å². The molecule has 4 atom stereocenters. The summed E-state index contributed by atoms with van der Waals surface area (Å²) in [5, 5.41) is 19.2. The maximum Gasteiger partial charge on any atom is 0.305 e. The van der Waals surface area contributed by atoms with Gasteiger partial charge in [-0.05, 0) is 38.5 Å². The van der Waals surface area contributed by atoms with E-state index in [1.54, 1.807) is 0 Å². The number of nitrogens with two attached hydrogens (primary N) is 2. The zero-order valence-corrected chi connectivity index (χ0v) is 22.6. The van der Waals surface area contributed by atoms with E-state index in [9.17, 15) is 38.7 Å². The summed E-state index contributed by atoms with van der Waals surface area (Å²) in [5.74, 6) is -5.47. The molecule has 0 aromatic carbocycles. The van der Waals surface area contributed by atoms with Gasteiger partial charge in [-0.3, -0.25) is 38.6 Å². The summed E-state index contributed by atoms with van der Waals surface area (Å²) in [5.41, 5.74) is 10.7. The monoisotopic (exact) mass is 579 g/mol. The Morgan fingerprint density at radius 3 is 2.15 bits per heavy atom. The minimum atomic E-state index is -1.49. The Balaban J connectivity index is 1.85. The van der Waals surface area contributed by atoms with Gasteiger partial charge in [0.05, 0.1) is 19.5 Å². The third-order valence-electron chi connectivity index (χ3n) is 7.14. The third kappa shape index (κ3) is 8.52. The summed E-state index contributed by atoms with van der Waals surface area (Å²) in [6, 6.07) is -4.43. The smallest absolute Gasteiger partial charge is 0.305 e. The molecule has 0 unspecified atom stereocenters. The molecular formula is C24H37N9O8. The van der Waals surface area contributed by atoms with Crippen LogP contribution in [0.3, 0.4) is 0 Å². The molecule has 41 heavy (non-hydrogen) atoms. The quantitative estimate of drug-likeness (QED) is 0.0904. The van der Waals surface area contributed by atoms with Crippen LogP contribution < -0.4 is 32.7 Å². The normalized spacial score (nSPS) is 26.5. The van der Waals surface area contributed by atoms with Gasteiger partial charge >= 0.3 is 5.97 Å². The lowest BCUT2D eigenvalue weighted by Gasteiger charge is -2.29. The fraction of sp³-hybridized carbons (Fsp3) is 0.667. The lowest BCUT2D eigenvalue weighted by Crippen LogP contribution is -2.58. The van der Waals surface area contributed by atoms with Gasteiger partial charge in [0, 0.05) is 19.6 Å². The van der Waals surface area contributed by atoms with Gasteiger partial charge in [-0.1, -0.05) is 0 Å². The SMILES string of the molecule is NC(N)=NCCC[C@H]1NC(=O)[C@@H]2CCCN2C(=O)CNC(=O)[C@@H]2CCCN2C(=O)[C@@H](CC(=O)O)NC(=O)CNC1=O. The molecule has 3 rings (SSSR count). The van der Waals surface area contributed by atoms with E-state index in [1.807, 2.05) is 0 Å². The molecule has 0 spiro atoms. The number of fused-ring (bicyclic) bond motifs is 2. The third-order valence-corrected chi connectivity index (χ3v) is 7.14. The van der Waals surface area contributed by atoms with Gasteiger partial charge in [0.1, 0.15) is 24.2 Å². The number of amides is 6. The van der Waals surface area contributed by atoms with Crippen LogP contribution >= 0.6 is 0 Å². The Morgan fingerprint density at radius 2 is 1.49 bits per heavy atom. The van der Waals surface area contributed by atoms with E-state index in [-0.39, 0.29) is 38.4 Å². The van der Waals surface area contributed by atoms with Crippen LogP contribution in [-0.4, -0.2) is 119 Å². The van der Waals surface area contributed by atoms with Crippen LogP contribution in [-0.2, 0) is 33.6 Å². The molecule has 6 amide bonds. The molecule has 0 saturated carbocycles. The number of hydrogen-bond donors (Lipinski definition) is 7. The first-order valence-corrected chi connectivity index (χ1v) is 13.5. The van der Waals surface area contributed by atoms with Gasteiger partial charge < -0.3 is 47.6 Å². The Labute approximate surface area is 235 Å². The van der Waals surface area contributed by atoms with E-state index in [2.05, 4.69) is 26.3 Å². The number of carbonyl (C=O) groups is 7. The summed E-state index contributed by atoms with van der Waals surface area (Å²) in [4.78, 5) is 95.8. The predicted molar refractivity (Wildman–Crippen MR) is 142 cm³/mol. The largest absolute Gasteiger partial charge is 0.481 e. The van der Waals surface area contributed by atoms with Crippen molar-refractivity contribution < 1.29 is 38.7 Å². The van der Waals surface area contributed by atoms with Crippen molar-refractivity contribution >= 4 is 47.4 Å². The molecule has 17 heteroatoms. The van der Waals surface area contributed by atoms with Crippen molar-refractivity contribution in [2.45, 2.75) is 69.1 Å². The number of hydrogen-bond acceptors (Lipinski definition) is 8. The van der Waals surface area contributed by atoms with Crippen LogP contribution in [0, 0.1) is 0 Å². The Kier molecular flexibility index (Phi) is 10.8. The van der Waals surface area contributed by atoms with Crippen LogP contribution in [0.15, 0.2) is 4.99 Å². The van der Waals surface area contributed by atoms with Crippen molar-refractivity contribution in [1.82, 2.24) is 31.1 Å². The van der Waals surface area contributed by atoms with Crippen LogP contribution in [0.4, 0.5) is 0 Å². The van der Waals surface area contributed by atoms with Crippen LogP contribution in [0.5, 0.6) is 0 Å². The van der Waals surface area contributed by atoms with E-state index in [1.165, 1.54) is 9.80 Å². The maximum atomic E-state index is 13.2. The maximum absolute atomic E-state index is 13.2. The molecule has 17 nitrogen and oxygen atoms in total. The van der Waals surface area contributed by atoms with Crippen molar-refractivity contribution in [3.63, 3.8) is 0 Å². The van der Waals surface area contributed by atoms with E-state index in [0.717, 1.165) is 0 Å². The number of rotatable bonds is 6. The molecule has 0 bridgehead atoms. The number of carboxylic acids is 1. The lowest BCUT2D eigenvalue weighted by atomic mass is 10.1. The zero-order valence-electron chi connectivity index (χ0n) is 22.6. The first kappa shape index (κ1) is 31.1. The summed E-state index contributed by atoms with van der Waals surface area (Å²) < 4.78 is 0. The molecular weight excluding hydrogens is 542 g/mol. The summed E-state index contributed by atoms with van der Waals surface area (Å²) in [7, 11) is 0. The number of guanidine groups is 1. The fourth-order valence-electron chi connectivity index (χ4n) is 5.17. The minimum Gasteiger partial charge on any atom is -0.481 e. The molecule has 3 saturated heterocycles. The molecule has 9 N–H and O–H groups in total. The zero-order chi connectivity index (χ0) is 30.1. The lowest BCUT2D eigenvalue weighted by molar-refractivity contribution is -0.146. The fourth-order valence-corrected chi connectivity index (χ4v) is 5.17. The second-order valence-electron chi connectivity index (χ2n) is 10.1. The van der Waals surface area contributed by atoms with Crippen molar-refractivity contribution in [3.8, 4) is 0 Å². The number of nitrogens with zero attached hydrogens (tertiary/aromatic N) is 3. The molecule has 3 heterocycles. The molecule has 0 aromatic heterocycles. The van der Waals surface area contributed by atoms with Gasteiger partial charge in [-0.15, -0.1) is 0 Å². The number of carboxylic acid groups (broad SMARTS) is 1. The van der Waals surface area contributed by atoms with Crippen molar-refractivity contribution in [2.24, 2.45) is 16.5 Å². The van der Waals surface area contributed by atoms with Crippen molar-refractivity contribution in [1.29, 1.82) is 0 Å². The Bertz CT molecular complexity index is 1090. The first-order chi connectivity index (χ1) is 19.5. The second-order valence-corrected chi connectivity index (χ2v) is 10.1. The average molecular weight is 580 g/mol. The number of nitrogens with one attached hydrogen (secondary N) is 4. The summed E-state index contributed by atoms with van der Waals surface area (Å²) >= 11 is 0. The van der Waals surface area contributed by atoms with Gasteiger partial charge in [-0.25, -0.2) is 0 Å². The first-order valence-electron chi connectivity index (χ1n) is 13.5. The summed E-state index contributed by atoms with van der Waals surface area (Å²) in [6.07, 6.45) is 1.29. The van der Waals surface area contributed by atoms with E-state index >= 15 is 0 Å². The standard InChI is InChI=1S/C24H37N9O8/c25-24(26)27-7-1-4-13-20(38)28-11-17(34)30-14(10-19(36)37)23(41)33-9-3-5-15(33)21(39)29-12-18(35)32-8-2-6-16(32)22(40)31-13/h13-16H,1-12H2,(H,28,38)(H,29,39)(H,30,34)(H,31,40)(H,36,37)(H4,25,26,27)/t13-,14-,15+,16+/m1/s1. The highest BCUT2D eigenvalue weighted by molar-refractivity contribution is 5.98. The van der Waals surface area contributed by atoms with Gasteiger partial charge in [-0.2, -0.15) is 0 Å². The van der Waals surface area contributed by atoms with Gasteiger partial charge in [0.2, 0.25) is 35.4 Å².